The second kappa shape index (κ2) is 7.75. The quantitative estimate of drug-likeness (QED) is 0.496. The molecule has 0 bridgehead atoms. The van der Waals surface area contributed by atoms with Gasteiger partial charge < -0.3 is 10.1 Å². The third-order valence-corrected chi connectivity index (χ3v) is 4.27. The lowest BCUT2D eigenvalue weighted by atomic mass is 9.83. The minimum Gasteiger partial charge on any atom is -0.452 e. The minimum absolute atomic E-state index is 0.203. The van der Waals surface area contributed by atoms with Crippen molar-refractivity contribution < 1.29 is 19.2 Å². The second-order valence-corrected chi connectivity index (χ2v) is 6.11. The molecule has 132 valence electrons. The summed E-state index contributed by atoms with van der Waals surface area (Å²) >= 11 is 0. The van der Waals surface area contributed by atoms with Gasteiger partial charge in [0.2, 0.25) is 0 Å². The first kappa shape index (κ1) is 18.4. The van der Waals surface area contributed by atoms with E-state index in [1.54, 1.807) is 0 Å². The molecule has 0 radical (unpaired) electrons. The Kier molecular flexibility index (Phi) is 5.70. The maximum atomic E-state index is 12.1. The maximum Gasteiger partial charge on any atom is 0.345 e. The van der Waals surface area contributed by atoms with Crippen LogP contribution in [-0.4, -0.2) is 28.9 Å². The maximum absolute atomic E-state index is 12.1. The molecule has 0 aliphatic heterocycles. The van der Waals surface area contributed by atoms with Crippen LogP contribution >= 0.6 is 0 Å². The molecule has 0 spiro atoms. The Hall–Kier alpha value is -2.95. The van der Waals surface area contributed by atoms with Crippen LogP contribution in [0.1, 0.15) is 48.0 Å². The summed E-state index contributed by atoms with van der Waals surface area (Å²) in [7, 11) is 0. The van der Waals surface area contributed by atoms with Crippen molar-refractivity contribution in [1.82, 2.24) is 5.32 Å². The largest absolute Gasteiger partial charge is 0.452 e. The van der Waals surface area contributed by atoms with Crippen LogP contribution in [0.5, 0.6) is 0 Å². The van der Waals surface area contributed by atoms with E-state index in [2.05, 4.69) is 11.4 Å². The van der Waals surface area contributed by atoms with Crippen LogP contribution in [0.15, 0.2) is 18.2 Å². The first-order chi connectivity index (χ1) is 11.9. The minimum atomic E-state index is -0.944. The van der Waals surface area contributed by atoms with E-state index in [-0.39, 0.29) is 11.3 Å². The molecule has 8 heteroatoms. The highest BCUT2D eigenvalue weighted by Crippen LogP contribution is 2.27. The molecular formula is C17H19N3O5. The van der Waals surface area contributed by atoms with Crippen LogP contribution in [0.2, 0.25) is 0 Å². The number of benzene rings is 1. The van der Waals surface area contributed by atoms with Gasteiger partial charge in [0.25, 0.3) is 11.6 Å². The van der Waals surface area contributed by atoms with Gasteiger partial charge in [-0.2, -0.15) is 5.26 Å². The molecule has 1 amide bonds. The molecule has 1 aliphatic rings. The molecule has 0 heterocycles. The molecule has 1 saturated carbocycles. The predicted octanol–water partition coefficient (Wildman–Crippen LogP) is 2.40. The van der Waals surface area contributed by atoms with Crippen molar-refractivity contribution in [3.05, 3.63) is 39.4 Å². The summed E-state index contributed by atoms with van der Waals surface area (Å²) in [5.74, 6) is -1.53. The highest BCUT2D eigenvalue weighted by atomic mass is 16.6. The van der Waals surface area contributed by atoms with Gasteiger partial charge in [-0.3, -0.25) is 14.9 Å². The fourth-order valence-electron chi connectivity index (χ4n) is 3.00. The lowest BCUT2D eigenvalue weighted by Crippen LogP contribution is -2.50. The number of esters is 1. The Morgan fingerprint density at radius 2 is 2.04 bits per heavy atom. The topological polar surface area (TPSA) is 122 Å². The summed E-state index contributed by atoms with van der Waals surface area (Å²) in [4.78, 5) is 34.6. The highest BCUT2D eigenvalue weighted by Gasteiger charge is 2.34. The van der Waals surface area contributed by atoms with E-state index in [9.17, 15) is 25.0 Å². The van der Waals surface area contributed by atoms with Crippen molar-refractivity contribution in [3.63, 3.8) is 0 Å². The number of rotatable bonds is 5. The predicted molar refractivity (Wildman–Crippen MR) is 87.7 cm³/mol. The van der Waals surface area contributed by atoms with Gasteiger partial charge in [0, 0.05) is 5.56 Å². The number of ether oxygens (including phenoxy) is 1. The SMILES string of the molecule is Cc1cccc(C(=O)OCC(=O)NC2(C#N)CCCCC2)c1[N+](=O)[O-]. The molecule has 0 atom stereocenters. The van der Waals surface area contributed by atoms with E-state index in [0.29, 0.717) is 18.4 Å². The van der Waals surface area contributed by atoms with Crippen LogP contribution in [0.4, 0.5) is 5.69 Å². The van der Waals surface area contributed by atoms with Gasteiger partial charge in [-0.1, -0.05) is 31.4 Å². The summed E-state index contributed by atoms with van der Waals surface area (Å²) in [6.45, 7) is 0.925. The van der Waals surface area contributed by atoms with Crippen LogP contribution < -0.4 is 5.32 Å². The third kappa shape index (κ3) is 4.32. The van der Waals surface area contributed by atoms with E-state index in [0.717, 1.165) is 19.3 Å². The Balaban J connectivity index is 2.01. The molecule has 1 aromatic rings. The van der Waals surface area contributed by atoms with Crippen molar-refractivity contribution >= 4 is 17.6 Å². The van der Waals surface area contributed by atoms with Gasteiger partial charge in [0.1, 0.15) is 11.1 Å². The third-order valence-electron chi connectivity index (χ3n) is 4.27. The Labute approximate surface area is 144 Å². The average molecular weight is 345 g/mol. The summed E-state index contributed by atoms with van der Waals surface area (Å²) in [6, 6.07) is 6.44. The number of hydrogen-bond acceptors (Lipinski definition) is 6. The summed E-state index contributed by atoms with van der Waals surface area (Å²) in [6.07, 6.45) is 3.84. The Morgan fingerprint density at radius 1 is 1.36 bits per heavy atom. The number of hydrogen-bond donors (Lipinski definition) is 1. The second-order valence-electron chi connectivity index (χ2n) is 6.11. The standard InChI is InChI=1S/C17H19N3O5/c1-12-6-5-7-13(15(12)20(23)24)16(22)25-10-14(21)19-17(11-18)8-3-2-4-9-17/h5-7H,2-4,8-10H2,1H3,(H,19,21). The average Bonchev–Trinajstić information content (AvgIpc) is 2.60. The molecule has 1 N–H and O–H groups in total. The lowest BCUT2D eigenvalue weighted by molar-refractivity contribution is -0.385. The normalized spacial score (nSPS) is 15.7. The van der Waals surface area contributed by atoms with Crippen molar-refractivity contribution in [3.8, 4) is 6.07 Å². The molecular weight excluding hydrogens is 326 g/mol. The smallest absolute Gasteiger partial charge is 0.345 e. The number of nitrogens with zero attached hydrogens (tertiary/aromatic N) is 2. The van der Waals surface area contributed by atoms with Crippen LogP contribution in [-0.2, 0) is 9.53 Å². The molecule has 8 nitrogen and oxygen atoms in total. The lowest BCUT2D eigenvalue weighted by Gasteiger charge is -2.31. The fourth-order valence-corrected chi connectivity index (χ4v) is 3.00. The van der Waals surface area contributed by atoms with Crippen molar-refractivity contribution in [2.75, 3.05) is 6.61 Å². The van der Waals surface area contributed by atoms with E-state index >= 15 is 0 Å². The number of aryl methyl sites for hydroxylation is 1. The number of para-hydroxylation sites is 1. The summed E-state index contributed by atoms with van der Waals surface area (Å²) in [5.41, 5.74) is -1.13. The molecule has 0 aromatic heterocycles. The van der Waals surface area contributed by atoms with Gasteiger partial charge in [0.05, 0.1) is 11.0 Å². The molecule has 1 fully saturated rings. The zero-order valence-corrected chi connectivity index (χ0v) is 13.9. The number of nitrogens with one attached hydrogen (secondary N) is 1. The number of nitro benzene ring substituents is 1. The summed E-state index contributed by atoms with van der Waals surface area (Å²) in [5, 5.41) is 23.1. The molecule has 25 heavy (non-hydrogen) atoms. The fraction of sp³-hybridized carbons (Fsp3) is 0.471. The molecule has 0 saturated heterocycles. The van der Waals surface area contributed by atoms with Crippen LogP contribution in [0.3, 0.4) is 0 Å². The van der Waals surface area contributed by atoms with E-state index < -0.39 is 28.9 Å². The van der Waals surface area contributed by atoms with Gasteiger partial charge in [0.15, 0.2) is 6.61 Å². The van der Waals surface area contributed by atoms with Gasteiger partial charge in [-0.05, 0) is 25.8 Å². The monoisotopic (exact) mass is 345 g/mol. The Morgan fingerprint density at radius 3 is 2.64 bits per heavy atom. The van der Waals surface area contributed by atoms with Crippen LogP contribution in [0, 0.1) is 28.4 Å². The molecule has 1 aromatic carbocycles. The molecule has 1 aliphatic carbocycles. The zero-order valence-electron chi connectivity index (χ0n) is 13.9. The molecule has 2 rings (SSSR count). The number of carbonyl (C=O) groups excluding carboxylic acids is 2. The van der Waals surface area contributed by atoms with Crippen molar-refractivity contribution in [2.45, 2.75) is 44.6 Å². The highest BCUT2D eigenvalue weighted by molar-refractivity contribution is 5.95. The Bertz CT molecular complexity index is 732. The van der Waals surface area contributed by atoms with Crippen molar-refractivity contribution in [2.24, 2.45) is 0 Å². The molecule has 0 unspecified atom stereocenters. The van der Waals surface area contributed by atoms with Crippen LogP contribution in [0.25, 0.3) is 0 Å². The number of nitriles is 1. The van der Waals surface area contributed by atoms with E-state index in [4.69, 9.17) is 4.74 Å². The van der Waals surface area contributed by atoms with E-state index in [1.165, 1.54) is 25.1 Å². The van der Waals surface area contributed by atoms with Gasteiger partial charge >= 0.3 is 5.97 Å². The van der Waals surface area contributed by atoms with Crippen molar-refractivity contribution in [1.29, 1.82) is 5.26 Å². The first-order valence-electron chi connectivity index (χ1n) is 8.02. The number of carbonyl (C=O) groups is 2. The summed E-state index contributed by atoms with van der Waals surface area (Å²) < 4.78 is 4.90. The zero-order chi connectivity index (χ0) is 18.4. The van der Waals surface area contributed by atoms with Gasteiger partial charge in [-0.15, -0.1) is 0 Å². The first-order valence-corrected chi connectivity index (χ1v) is 8.02. The number of amides is 1. The van der Waals surface area contributed by atoms with Gasteiger partial charge in [-0.25, -0.2) is 4.79 Å². The number of nitro groups is 1. The van der Waals surface area contributed by atoms with E-state index in [1.807, 2.05) is 0 Å².